The molecular formula is C9H13NO2S. The van der Waals surface area contributed by atoms with Crippen LogP contribution >= 0.6 is 0 Å². The molecule has 72 valence electrons. The first-order chi connectivity index (χ1) is 6.01. The highest BCUT2D eigenvalue weighted by Crippen LogP contribution is 2.14. The Bertz CT molecular complexity index is 384. The molecule has 1 atom stereocenters. The summed E-state index contributed by atoms with van der Waals surface area (Å²) in [5, 5.41) is 0. The zero-order valence-corrected chi connectivity index (χ0v) is 8.56. The topological polar surface area (TPSA) is 50.1 Å². The SMILES string of the molecule is COc1cccc(CS(C)(=N)=O)c1. The van der Waals surface area contributed by atoms with Crippen LogP contribution in [0.4, 0.5) is 0 Å². The Morgan fingerprint density at radius 2 is 2.23 bits per heavy atom. The molecule has 0 aliphatic heterocycles. The molecule has 1 unspecified atom stereocenters. The highest BCUT2D eigenvalue weighted by atomic mass is 32.2. The fourth-order valence-corrected chi connectivity index (χ4v) is 1.90. The second-order valence-electron chi connectivity index (χ2n) is 3.00. The molecule has 0 heterocycles. The fraction of sp³-hybridized carbons (Fsp3) is 0.333. The van der Waals surface area contributed by atoms with Gasteiger partial charge in [0.2, 0.25) is 0 Å². The molecule has 0 aliphatic carbocycles. The van der Waals surface area contributed by atoms with E-state index in [9.17, 15) is 4.21 Å². The number of ether oxygens (including phenoxy) is 1. The van der Waals surface area contributed by atoms with E-state index >= 15 is 0 Å². The van der Waals surface area contributed by atoms with Crippen molar-refractivity contribution in [1.82, 2.24) is 0 Å². The molecule has 4 heteroatoms. The van der Waals surface area contributed by atoms with Gasteiger partial charge in [0, 0.05) is 16.0 Å². The second-order valence-corrected chi connectivity index (χ2v) is 5.30. The van der Waals surface area contributed by atoms with E-state index < -0.39 is 9.73 Å². The molecule has 1 aromatic carbocycles. The van der Waals surface area contributed by atoms with Crippen molar-refractivity contribution >= 4 is 9.73 Å². The van der Waals surface area contributed by atoms with Gasteiger partial charge in [0.25, 0.3) is 0 Å². The summed E-state index contributed by atoms with van der Waals surface area (Å²) in [4.78, 5) is 0. The van der Waals surface area contributed by atoms with Gasteiger partial charge in [-0.05, 0) is 17.7 Å². The average molecular weight is 199 g/mol. The standard InChI is InChI=1S/C9H13NO2S/c1-12-9-5-3-4-8(6-9)7-13(2,10)11/h3-6,10H,7H2,1-2H3. The summed E-state index contributed by atoms with van der Waals surface area (Å²) in [6, 6.07) is 7.31. The second kappa shape index (κ2) is 3.79. The monoisotopic (exact) mass is 199 g/mol. The lowest BCUT2D eigenvalue weighted by Crippen LogP contribution is -1.98. The maximum absolute atomic E-state index is 11.2. The molecule has 0 aromatic heterocycles. The molecule has 0 aliphatic rings. The van der Waals surface area contributed by atoms with Crippen molar-refractivity contribution < 1.29 is 8.95 Å². The molecule has 0 radical (unpaired) electrons. The van der Waals surface area contributed by atoms with Crippen molar-refractivity contribution in [2.45, 2.75) is 5.75 Å². The van der Waals surface area contributed by atoms with Crippen LogP contribution in [0, 0.1) is 4.78 Å². The molecule has 0 saturated carbocycles. The van der Waals surface area contributed by atoms with Crippen molar-refractivity contribution in [3.8, 4) is 5.75 Å². The van der Waals surface area contributed by atoms with Gasteiger partial charge in [0.15, 0.2) is 0 Å². The number of hydrogen-bond acceptors (Lipinski definition) is 3. The Morgan fingerprint density at radius 3 is 2.77 bits per heavy atom. The van der Waals surface area contributed by atoms with Crippen LogP contribution in [0.5, 0.6) is 5.75 Å². The van der Waals surface area contributed by atoms with Crippen LogP contribution in [0.15, 0.2) is 24.3 Å². The third-order valence-corrected chi connectivity index (χ3v) is 2.46. The van der Waals surface area contributed by atoms with Gasteiger partial charge >= 0.3 is 0 Å². The van der Waals surface area contributed by atoms with Crippen LogP contribution in [-0.4, -0.2) is 17.6 Å². The molecule has 13 heavy (non-hydrogen) atoms. The first-order valence-corrected chi connectivity index (χ1v) is 5.99. The largest absolute Gasteiger partial charge is 0.497 e. The zero-order valence-electron chi connectivity index (χ0n) is 7.74. The number of benzene rings is 1. The molecule has 0 amide bonds. The van der Waals surface area contributed by atoms with Crippen LogP contribution in [-0.2, 0) is 15.5 Å². The van der Waals surface area contributed by atoms with Gasteiger partial charge in [-0.1, -0.05) is 12.1 Å². The molecule has 1 aromatic rings. The lowest BCUT2D eigenvalue weighted by atomic mass is 10.2. The summed E-state index contributed by atoms with van der Waals surface area (Å²) >= 11 is 0. The third-order valence-electron chi connectivity index (χ3n) is 1.58. The smallest absolute Gasteiger partial charge is 0.119 e. The van der Waals surface area contributed by atoms with Crippen molar-refractivity contribution in [3.63, 3.8) is 0 Å². The minimum Gasteiger partial charge on any atom is -0.497 e. The van der Waals surface area contributed by atoms with Crippen LogP contribution in [0.1, 0.15) is 5.56 Å². The summed E-state index contributed by atoms with van der Waals surface area (Å²) in [6.07, 6.45) is 1.44. The average Bonchev–Trinajstić information content (AvgIpc) is 2.01. The maximum atomic E-state index is 11.2. The molecule has 1 rings (SSSR count). The van der Waals surface area contributed by atoms with Crippen LogP contribution in [0.25, 0.3) is 0 Å². The summed E-state index contributed by atoms with van der Waals surface area (Å²) in [5.41, 5.74) is 0.877. The molecule has 3 nitrogen and oxygen atoms in total. The van der Waals surface area contributed by atoms with Crippen LogP contribution < -0.4 is 4.74 Å². The van der Waals surface area contributed by atoms with Gasteiger partial charge < -0.3 is 4.74 Å². The number of methoxy groups -OCH3 is 1. The van der Waals surface area contributed by atoms with E-state index in [2.05, 4.69) is 0 Å². The summed E-state index contributed by atoms with van der Waals surface area (Å²) in [5.74, 6) is 1.02. The highest BCUT2D eigenvalue weighted by molar-refractivity contribution is 7.90. The summed E-state index contributed by atoms with van der Waals surface area (Å²) in [7, 11) is -0.871. The summed E-state index contributed by atoms with van der Waals surface area (Å²) in [6.45, 7) is 0. The predicted molar refractivity (Wildman–Crippen MR) is 53.5 cm³/mol. The minimum absolute atomic E-state index is 0.282. The Kier molecular flexibility index (Phi) is 2.93. The van der Waals surface area contributed by atoms with E-state index in [-0.39, 0.29) is 5.75 Å². The van der Waals surface area contributed by atoms with Gasteiger partial charge in [-0.15, -0.1) is 0 Å². The lowest BCUT2D eigenvalue weighted by Gasteiger charge is -2.03. The summed E-state index contributed by atoms with van der Waals surface area (Å²) < 4.78 is 23.5. The Morgan fingerprint density at radius 1 is 1.54 bits per heavy atom. The van der Waals surface area contributed by atoms with E-state index in [1.807, 2.05) is 18.2 Å². The molecule has 0 spiro atoms. The van der Waals surface area contributed by atoms with E-state index in [0.29, 0.717) is 0 Å². The molecule has 0 bridgehead atoms. The van der Waals surface area contributed by atoms with Crippen molar-refractivity contribution in [2.75, 3.05) is 13.4 Å². The number of nitrogens with one attached hydrogen (secondary N) is 1. The van der Waals surface area contributed by atoms with Gasteiger partial charge in [-0.25, -0.2) is 4.21 Å². The molecule has 1 N–H and O–H groups in total. The van der Waals surface area contributed by atoms with Gasteiger partial charge in [0.1, 0.15) is 5.75 Å². The molecule has 0 fully saturated rings. The van der Waals surface area contributed by atoms with Gasteiger partial charge in [-0.2, -0.15) is 0 Å². The van der Waals surface area contributed by atoms with E-state index in [1.54, 1.807) is 13.2 Å². The zero-order chi connectivity index (χ0) is 9.90. The van der Waals surface area contributed by atoms with E-state index in [4.69, 9.17) is 9.52 Å². The third kappa shape index (κ3) is 3.46. The quantitative estimate of drug-likeness (QED) is 0.808. The van der Waals surface area contributed by atoms with Gasteiger partial charge in [-0.3, -0.25) is 4.78 Å². The Hall–Kier alpha value is -1.03. The minimum atomic E-state index is -2.46. The van der Waals surface area contributed by atoms with Crippen molar-refractivity contribution in [2.24, 2.45) is 0 Å². The maximum Gasteiger partial charge on any atom is 0.119 e. The highest BCUT2D eigenvalue weighted by Gasteiger charge is 2.01. The Balaban J connectivity index is 2.90. The first kappa shape index (κ1) is 10.1. The predicted octanol–water partition coefficient (Wildman–Crippen LogP) is 1.87. The van der Waals surface area contributed by atoms with Gasteiger partial charge in [0.05, 0.1) is 12.9 Å². The van der Waals surface area contributed by atoms with E-state index in [1.165, 1.54) is 6.26 Å². The number of hydrogen-bond donors (Lipinski definition) is 1. The van der Waals surface area contributed by atoms with Crippen LogP contribution in [0.3, 0.4) is 0 Å². The Labute approximate surface area is 78.7 Å². The first-order valence-electron chi connectivity index (χ1n) is 3.86. The lowest BCUT2D eigenvalue weighted by molar-refractivity contribution is 0.414. The fourth-order valence-electron chi connectivity index (χ4n) is 1.08. The molecular weight excluding hydrogens is 186 g/mol. The molecule has 0 saturated heterocycles. The van der Waals surface area contributed by atoms with Crippen molar-refractivity contribution in [3.05, 3.63) is 29.8 Å². The number of rotatable bonds is 3. The van der Waals surface area contributed by atoms with Crippen LogP contribution in [0.2, 0.25) is 0 Å². The van der Waals surface area contributed by atoms with E-state index in [0.717, 1.165) is 11.3 Å². The normalized spacial score (nSPS) is 14.9. The van der Waals surface area contributed by atoms with Crippen molar-refractivity contribution in [1.29, 1.82) is 4.78 Å².